The fraction of sp³-hybridized carbons (Fsp3) is 0.905. The summed E-state index contributed by atoms with van der Waals surface area (Å²) in [6.45, 7) is 10.5. The molecule has 0 heterocycles. The Labute approximate surface area is 155 Å². The van der Waals surface area contributed by atoms with E-state index in [1.807, 2.05) is 6.92 Å². The molecule has 0 aromatic rings. The molecule has 1 atom stereocenters. The number of carbonyl (C=O) groups excluding carboxylic acids is 2. The van der Waals surface area contributed by atoms with E-state index in [1.165, 1.54) is 12.8 Å². The van der Waals surface area contributed by atoms with E-state index < -0.39 is 17.4 Å². The van der Waals surface area contributed by atoms with E-state index >= 15 is 0 Å². The molecule has 0 aromatic heterocycles. The van der Waals surface area contributed by atoms with Crippen LogP contribution in [0.5, 0.6) is 0 Å². The zero-order chi connectivity index (χ0) is 19.1. The van der Waals surface area contributed by atoms with E-state index in [9.17, 15) is 9.59 Å². The van der Waals surface area contributed by atoms with Crippen molar-refractivity contribution in [3.63, 3.8) is 0 Å². The molecule has 4 nitrogen and oxygen atoms in total. The van der Waals surface area contributed by atoms with Crippen LogP contribution in [-0.2, 0) is 19.1 Å². The summed E-state index contributed by atoms with van der Waals surface area (Å²) >= 11 is 0. The van der Waals surface area contributed by atoms with Crippen LogP contribution in [0.25, 0.3) is 0 Å². The minimum atomic E-state index is -1.15. The highest BCUT2D eigenvalue weighted by Gasteiger charge is 2.52. The molecule has 148 valence electrons. The minimum Gasteiger partial charge on any atom is -0.465 e. The number of carbonyl (C=O) groups is 2. The van der Waals surface area contributed by atoms with Crippen LogP contribution in [0.15, 0.2) is 0 Å². The first kappa shape index (κ1) is 23.9. The van der Waals surface area contributed by atoms with Gasteiger partial charge in [0, 0.05) is 0 Å². The molecule has 0 unspecified atom stereocenters. The van der Waals surface area contributed by atoms with Gasteiger partial charge in [0.25, 0.3) is 0 Å². The van der Waals surface area contributed by atoms with Crippen LogP contribution >= 0.6 is 0 Å². The summed E-state index contributed by atoms with van der Waals surface area (Å²) in [5, 5.41) is 0. The topological polar surface area (TPSA) is 52.6 Å². The molecule has 0 aliphatic carbocycles. The predicted molar refractivity (Wildman–Crippen MR) is 102 cm³/mol. The van der Waals surface area contributed by atoms with Crippen LogP contribution in [0.1, 0.15) is 98.8 Å². The quantitative estimate of drug-likeness (QED) is 0.215. The Morgan fingerprint density at radius 3 is 1.68 bits per heavy atom. The Morgan fingerprint density at radius 2 is 1.24 bits per heavy atom. The maximum Gasteiger partial charge on any atom is 0.323 e. The van der Waals surface area contributed by atoms with Crippen LogP contribution < -0.4 is 0 Å². The molecule has 0 spiro atoms. The monoisotopic (exact) mass is 356 g/mol. The Bertz CT molecular complexity index is 347. The number of unbranched alkanes of at least 4 members (excludes halogenated alkanes) is 6. The molecule has 0 aliphatic rings. The summed E-state index contributed by atoms with van der Waals surface area (Å²) in [6.07, 6.45) is 10.0. The summed E-state index contributed by atoms with van der Waals surface area (Å²) in [7, 11) is 0. The highest BCUT2D eigenvalue weighted by Crippen LogP contribution is 2.40. The lowest BCUT2D eigenvalue weighted by Gasteiger charge is -2.34. The first-order valence-electron chi connectivity index (χ1n) is 10.4. The van der Waals surface area contributed by atoms with Gasteiger partial charge in [-0.05, 0) is 32.6 Å². The Morgan fingerprint density at radius 1 is 0.760 bits per heavy atom. The van der Waals surface area contributed by atoms with Crippen molar-refractivity contribution in [1.29, 1.82) is 0 Å². The molecule has 0 amide bonds. The molecule has 25 heavy (non-hydrogen) atoms. The van der Waals surface area contributed by atoms with Gasteiger partial charge in [-0.2, -0.15) is 0 Å². The lowest BCUT2D eigenvalue weighted by Crippen LogP contribution is -2.47. The second kappa shape index (κ2) is 14.1. The number of rotatable bonds is 15. The Balaban J connectivity index is 5.33. The maximum atomic E-state index is 12.9. The molecular weight excluding hydrogens is 316 g/mol. The van der Waals surface area contributed by atoms with E-state index in [0.717, 1.165) is 44.9 Å². The van der Waals surface area contributed by atoms with Crippen molar-refractivity contribution in [2.24, 2.45) is 11.3 Å². The van der Waals surface area contributed by atoms with Crippen LogP contribution in [0, 0.1) is 11.3 Å². The van der Waals surface area contributed by atoms with Gasteiger partial charge in [-0.1, -0.05) is 72.1 Å². The molecule has 0 rings (SSSR count). The lowest BCUT2D eigenvalue weighted by molar-refractivity contribution is -0.177. The molecule has 0 bridgehead atoms. The lowest BCUT2D eigenvalue weighted by atomic mass is 9.70. The standard InChI is InChI=1S/C21H40O4/c1-6-10-12-14-16-18(5)21(19(22)24-8-3,20(23)25-9-4)17-15-13-11-7-2/h18H,6-17H2,1-5H3/t18-/m0/s1. The van der Waals surface area contributed by atoms with E-state index in [4.69, 9.17) is 9.47 Å². The molecule has 0 saturated heterocycles. The van der Waals surface area contributed by atoms with Crippen molar-refractivity contribution >= 4 is 11.9 Å². The summed E-state index contributed by atoms with van der Waals surface area (Å²) in [4.78, 5) is 25.7. The maximum absolute atomic E-state index is 12.9. The zero-order valence-corrected chi connectivity index (χ0v) is 17.2. The molecule has 0 radical (unpaired) electrons. The average molecular weight is 357 g/mol. The van der Waals surface area contributed by atoms with Crippen LogP contribution in [-0.4, -0.2) is 25.2 Å². The number of ether oxygens (including phenoxy) is 2. The fourth-order valence-corrected chi connectivity index (χ4v) is 3.41. The highest BCUT2D eigenvalue weighted by molar-refractivity contribution is 6.00. The summed E-state index contributed by atoms with van der Waals surface area (Å²) in [6, 6.07) is 0. The molecule has 0 N–H and O–H groups in total. The smallest absolute Gasteiger partial charge is 0.323 e. The normalized spacial score (nSPS) is 12.7. The highest BCUT2D eigenvalue weighted by atomic mass is 16.6. The van der Waals surface area contributed by atoms with E-state index in [1.54, 1.807) is 13.8 Å². The van der Waals surface area contributed by atoms with E-state index in [2.05, 4.69) is 13.8 Å². The SMILES string of the molecule is CCCCCC[C@H](C)C(CCCCCC)(C(=O)OCC)C(=O)OCC. The van der Waals surface area contributed by atoms with Crippen LogP contribution in [0.4, 0.5) is 0 Å². The molecule has 4 heteroatoms. The van der Waals surface area contributed by atoms with Crippen LogP contribution in [0.3, 0.4) is 0 Å². The first-order valence-corrected chi connectivity index (χ1v) is 10.4. The van der Waals surface area contributed by atoms with Gasteiger partial charge in [0.1, 0.15) is 0 Å². The fourth-order valence-electron chi connectivity index (χ4n) is 3.41. The molecule has 0 fully saturated rings. The second-order valence-electron chi connectivity index (χ2n) is 6.97. The van der Waals surface area contributed by atoms with Gasteiger partial charge in [0.05, 0.1) is 13.2 Å². The van der Waals surface area contributed by atoms with Gasteiger partial charge in [0.15, 0.2) is 5.41 Å². The van der Waals surface area contributed by atoms with Crippen LogP contribution in [0.2, 0.25) is 0 Å². The van der Waals surface area contributed by atoms with E-state index in [-0.39, 0.29) is 19.1 Å². The summed E-state index contributed by atoms with van der Waals surface area (Å²) < 4.78 is 10.7. The molecular formula is C21H40O4. The summed E-state index contributed by atoms with van der Waals surface area (Å²) in [5.74, 6) is -0.857. The number of esters is 2. The predicted octanol–water partition coefficient (Wildman–Crippen LogP) is 5.68. The van der Waals surface area contributed by atoms with Gasteiger partial charge >= 0.3 is 11.9 Å². The van der Waals surface area contributed by atoms with Crippen molar-refractivity contribution < 1.29 is 19.1 Å². The first-order chi connectivity index (χ1) is 12.0. The van der Waals surface area contributed by atoms with E-state index in [0.29, 0.717) is 6.42 Å². The second-order valence-corrected chi connectivity index (χ2v) is 6.97. The average Bonchev–Trinajstić information content (AvgIpc) is 2.59. The number of hydrogen-bond acceptors (Lipinski definition) is 4. The third-order valence-electron chi connectivity index (χ3n) is 5.04. The van der Waals surface area contributed by atoms with Gasteiger partial charge < -0.3 is 9.47 Å². The zero-order valence-electron chi connectivity index (χ0n) is 17.2. The summed E-state index contributed by atoms with van der Waals surface area (Å²) in [5.41, 5.74) is -1.15. The Hall–Kier alpha value is -1.06. The minimum absolute atomic E-state index is 0.0657. The molecule has 0 saturated carbocycles. The van der Waals surface area contributed by atoms with Gasteiger partial charge in [-0.25, -0.2) is 0 Å². The molecule has 0 aromatic carbocycles. The third-order valence-corrected chi connectivity index (χ3v) is 5.04. The van der Waals surface area contributed by atoms with Gasteiger partial charge in [-0.3, -0.25) is 9.59 Å². The Kier molecular flexibility index (Phi) is 13.5. The van der Waals surface area contributed by atoms with Gasteiger partial charge in [0.2, 0.25) is 0 Å². The van der Waals surface area contributed by atoms with Crippen molar-refractivity contribution in [2.75, 3.05) is 13.2 Å². The largest absolute Gasteiger partial charge is 0.465 e. The van der Waals surface area contributed by atoms with Crippen molar-refractivity contribution in [3.8, 4) is 0 Å². The van der Waals surface area contributed by atoms with Crippen molar-refractivity contribution in [1.82, 2.24) is 0 Å². The third kappa shape index (κ3) is 7.79. The van der Waals surface area contributed by atoms with Crippen molar-refractivity contribution in [2.45, 2.75) is 98.8 Å². The number of hydrogen-bond donors (Lipinski definition) is 0. The van der Waals surface area contributed by atoms with Crippen molar-refractivity contribution in [3.05, 3.63) is 0 Å². The van der Waals surface area contributed by atoms with Gasteiger partial charge in [-0.15, -0.1) is 0 Å². The molecule has 0 aliphatic heterocycles.